The molecule has 0 saturated carbocycles. The van der Waals surface area contributed by atoms with E-state index in [1.54, 1.807) is 32.4 Å². The van der Waals surface area contributed by atoms with E-state index in [1.807, 2.05) is 24.3 Å². The number of hydrogen-bond acceptors (Lipinski definition) is 4. The number of ether oxygens (including phenoxy) is 2. The number of anilines is 1. The lowest BCUT2D eigenvalue weighted by molar-refractivity contribution is -0.115. The molecule has 2 N–H and O–H groups in total. The number of nitrogens with one attached hydrogen (secondary N) is 2. The topological polar surface area (TPSA) is 59.6 Å². The monoisotopic (exact) mass is 348 g/mol. The second-order valence-corrected chi connectivity index (χ2v) is 5.58. The highest BCUT2D eigenvalue weighted by atomic mass is 35.5. The Morgan fingerprint density at radius 3 is 2.67 bits per heavy atom. The molecule has 2 rings (SSSR count). The SMILES string of the molecule is COc1cccc(CCNCC(=O)Nc2ccc(OC)c(Cl)c2)c1. The van der Waals surface area contributed by atoms with E-state index in [9.17, 15) is 4.79 Å². The molecule has 0 aliphatic rings. The maximum Gasteiger partial charge on any atom is 0.238 e. The summed E-state index contributed by atoms with van der Waals surface area (Å²) in [5, 5.41) is 6.37. The molecule has 6 heteroatoms. The third-order valence-corrected chi connectivity index (χ3v) is 3.74. The smallest absolute Gasteiger partial charge is 0.238 e. The van der Waals surface area contributed by atoms with Crippen molar-refractivity contribution in [2.24, 2.45) is 0 Å². The first-order valence-electron chi connectivity index (χ1n) is 7.59. The molecule has 0 bridgehead atoms. The molecule has 0 spiro atoms. The number of benzene rings is 2. The van der Waals surface area contributed by atoms with E-state index < -0.39 is 0 Å². The lowest BCUT2D eigenvalue weighted by Gasteiger charge is -2.09. The van der Waals surface area contributed by atoms with Crippen LogP contribution >= 0.6 is 11.6 Å². The molecule has 0 unspecified atom stereocenters. The zero-order valence-corrected chi connectivity index (χ0v) is 14.5. The Kier molecular flexibility index (Phi) is 6.90. The fourth-order valence-corrected chi connectivity index (χ4v) is 2.47. The second kappa shape index (κ2) is 9.15. The summed E-state index contributed by atoms with van der Waals surface area (Å²) >= 11 is 6.03. The standard InChI is InChI=1S/C18H21ClN2O3/c1-23-15-5-3-4-13(10-15)8-9-20-12-18(22)21-14-6-7-17(24-2)16(19)11-14/h3-7,10-11,20H,8-9,12H2,1-2H3,(H,21,22). The molecule has 0 atom stereocenters. The molecule has 5 nitrogen and oxygen atoms in total. The zero-order valence-electron chi connectivity index (χ0n) is 13.8. The van der Waals surface area contributed by atoms with Crippen molar-refractivity contribution in [3.05, 3.63) is 53.1 Å². The zero-order chi connectivity index (χ0) is 17.4. The number of rotatable bonds is 8. The quantitative estimate of drug-likeness (QED) is 0.720. The van der Waals surface area contributed by atoms with Gasteiger partial charge in [0.1, 0.15) is 11.5 Å². The van der Waals surface area contributed by atoms with Gasteiger partial charge < -0.3 is 20.1 Å². The average molecular weight is 349 g/mol. The van der Waals surface area contributed by atoms with Gasteiger partial charge in [-0.1, -0.05) is 23.7 Å². The minimum Gasteiger partial charge on any atom is -0.497 e. The van der Waals surface area contributed by atoms with Gasteiger partial charge in [-0.05, 0) is 48.9 Å². The minimum absolute atomic E-state index is 0.123. The maximum absolute atomic E-state index is 11.9. The predicted molar refractivity (Wildman–Crippen MR) is 96.2 cm³/mol. The number of halogens is 1. The van der Waals surface area contributed by atoms with Crippen molar-refractivity contribution < 1.29 is 14.3 Å². The van der Waals surface area contributed by atoms with E-state index in [-0.39, 0.29) is 12.5 Å². The van der Waals surface area contributed by atoms with E-state index in [2.05, 4.69) is 10.6 Å². The van der Waals surface area contributed by atoms with E-state index in [0.717, 1.165) is 17.7 Å². The molecule has 0 saturated heterocycles. The normalized spacial score (nSPS) is 10.3. The Morgan fingerprint density at radius 1 is 1.12 bits per heavy atom. The molecule has 2 aromatic rings. The van der Waals surface area contributed by atoms with E-state index in [0.29, 0.717) is 23.0 Å². The molecular formula is C18H21ClN2O3. The van der Waals surface area contributed by atoms with E-state index in [4.69, 9.17) is 21.1 Å². The van der Waals surface area contributed by atoms with Crippen LogP contribution in [-0.4, -0.2) is 33.2 Å². The Hall–Kier alpha value is -2.24. The van der Waals surface area contributed by atoms with Gasteiger partial charge in [-0.2, -0.15) is 0 Å². The van der Waals surface area contributed by atoms with Gasteiger partial charge in [0.2, 0.25) is 5.91 Å². The van der Waals surface area contributed by atoms with Gasteiger partial charge in [0.05, 0.1) is 25.8 Å². The number of amides is 1. The van der Waals surface area contributed by atoms with Crippen molar-refractivity contribution in [2.45, 2.75) is 6.42 Å². The van der Waals surface area contributed by atoms with Crippen molar-refractivity contribution in [3.8, 4) is 11.5 Å². The number of carbonyl (C=O) groups is 1. The number of methoxy groups -OCH3 is 2. The first-order chi connectivity index (χ1) is 11.6. The van der Waals surface area contributed by atoms with Crippen molar-refractivity contribution in [1.82, 2.24) is 5.32 Å². The van der Waals surface area contributed by atoms with Crippen LogP contribution in [0.5, 0.6) is 11.5 Å². The lowest BCUT2D eigenvalue weighted by atomic mass is 10.1. The fourth-order valence-electron chi connectivity index (χ4n) is 2.21. The van der Waals surface area contributed by atoms with Crippen molar-refractivity contribution in [3.63, 3.8) is 0 Å². The summed E-state index contributed by atoms with van der Waals surface area (Å²) < 4.78 is 10.3. The molecule has 0 aliphatic heterocycles. The van der Waals surface area contributed by atoms with Crippen molar-refractivity contribution in [2.75, 3.05) is 32.6 Å². The fraction of sp³-hybridized carbons (Fsp3) is 0.278. The molecule has 0 heterocycles. The highest BCUT2D eigenvalue weighted by molar-refractivity contribution is 6.32. The largest absolute Gasteiger partial charge is 0.497 e. The highest BCUT2D eigenvalue weighted by Crippen LogP contribution is 2.27. The average Bonchev–Trinajstić information content (AvgIpc) is 2.59. The van der Waals surface area contributed by atoms with Gasteiger partial charge in [0.25, 0.3) is 0 Å². The van der Waals surface area contributed by atoms with Crippen LogP contribution in [-0.2, 0) is 11.2 Å². The van der Waals surface area contributed by atoms with Gasteiger partial charge in [-0.15, -0.1) is 0 Å². The second-order valence-electron chi connectivity index (χ2n) is 5.18. The van der Waals surface area contributed by atoms with Crippen LogP contribution in [0, 0.1) is 0 Å². The molecule has 0 aliphatic carbocycles. The lowest BCUT2D eigenvalue weighted by Crippen LogP contribution is -2.29. The van der Waals surface area contributed by atoms with Gasteiger partial charge in [0, 0.05) is 5.69 Å². The van der Waals surface area contributed by atoms with Gasteiger partial charge >= 0.3 is 0 Å². The van der Waals surface area contributed by atoms with E-state index >= 15 is 0 Å². The van der Waals surface area contributed by atoms with Crippen LogP contribution in [0.4, 0.5) is 5.69 Å². The minimum atomic E-state index is -0.123. The summed E-state index contributed by atoms with van der Waals surface area (Å²) in [6, 6.07) is 13.0. The predicted octanol–water partition coefficient (Wildman–Crippen LogP) is 3.13. The molecule has 24 heavy (non-hydrogen) atoms. The summed E-state index contributed by atoms with van der Waals surface area (Å²) in [6.07, 6.45) is 0.818. The van der Waals surface area contributed by atoms with Crippen LogP contribution in [0.2, 0.25) is 5.02 Å². The molecule has 2 aromatic carbocycles. The Bertz CT molecular complexity index is 692. The Balaban J connectivity index is 1.74. The Labute approximate surface area is 146 Å². The van der Waals surface area contributed by atoms with Gasteiger partial charge in [0.15, 0.2) is 0 Å². The summed E-state index contributed by atoms with van der Waals surface area (Å²) in [5.41, 5.74) is 1.80. The van der Waals surface area contributed by atoms with Crippen LogP contribution in [0.1, 0.15) is 5.56 Å². The first kappa shape index (κ1) is 18.1. The molecule has 0 radical (unpaired) electrons. The maximum atomic E-state index is 11.9. The van der Waals surface area contributed by atoms with Crippen LogP contribution in [0.25, 0.3) is 0 Å². The summed E-state index contributed by atoms with van der Waals surface area (Å²) in [6.45, 7) is 0.928. The van der Waals surface area contributed by atoms with Crippen LogP contribution in [0.15, 0.2) is 42.5 Å². The molecule has 1 amide bonds. The Morgan fingerprint density at radius 2 is 1.96 bits per heavy atom. The first-order valence-corrected chi connectivity index (χ1v) is 7.97. The van der Waals surface area contributed by atoms with Crippen LogP contribution < -0.4 is 20.1 Å². The van der Waals surface area contributed by atoms with Gasteiger partial charge in [-0.25, -0.2) is 0 Å². The van der Waals surface area contributed by atoms with Crippen molar-refractivity contribution >= 4 is 23.2 Å². The molecule has 128 valence electrons. The summed E-state index contributed by atoms with van der Waals surface area (Å²) in [5.74, 6) is 1.29. The third kappa shape index (κ3) is 5.44. The van der Waals surface area contributed by atoms with Gasteiger partial charge in [-0.3, -0.25) is 4.79 Å². The van der Waals surface area contributed by atoms with Crippen molar-refractivity contribution in [1.29, 1.82) is 0 Å². The summed E-state index contributed by atoms with van der Waals surface area (Å²) in [7, 11) is 3.19. The van der Waals surface area contributed by atoms with E-state index in [1.165, 1.54) is 0 Å². The highest BCUT2D eigenvalue weighted by Gasteiger charge is 2.05. The summed E-state index contributed by atoms with van der Waals surface area (Å²) in [4.78, 5) is 11.9. The van der Waals surface area contributed by atoms with Crippen LogP contribution in [0.3, 0.4) is 0 Å². The molecule has 0 aromatic heterocycles. The molecular weight excluding hydrogens is 328 g/mol. The number of hydrogen-bond donors (Lipinski definition) is 2. The third-order valence-electron chi connectivity index (χ3n) is 3.45. The molecule has 0 fully saturated rings. The number of carbonyl (C=O) groups excluding carboxylic acids is 1.